The highest BCUT2D eigenvalue weighted by Crippen LogP contribution is 2.13. The molecule has 22 heavy (non-hydrogen) atoms. The maximum absolute atomic E-state index is 11.9. The molecule has 1 aromatic heterocycles. The molecule has 0 fully saturated rings. The standard InChI is InChI=1S/C14H22N4O2.2ClH/c1-14(2,9-15)10-18(3)12(19)8-17-13(20)11-6-4-5-7-16-11;;/h4-7H,8-10,15H2,1-3H3,(H,17,20);2*1H. The van der Waals surface area contributed by atoms with Crippen LogP contribution in [0.5, 0.6) is 0 Å². The number of nitrogens with zero attached hydrogens (tertiary/aromatic N) is 2. The van der Waals surface area contributed by atoms with Crippen molar-refractivity contribution in [2.24, 2.45) is 11.1 Å². The Labute approximate surface area is 143 Å². The first-order chi connectivity index (χ1) is 9.35. The number of pyridine rings is 1. The molecule has 0 aliphatic carbocycles. The summed E-state index contributed by atoms with van der Waals surface area (Å²) in [6, 6.07) is 5.05. The van der Waals surface area contributed by atoms with Crippen molar-refractivity contribution in [1.29, 1.82) is 0 Å². The summed E-state index contributed by atoms with van der Waals surface area (Å²) in [6.45, 7) is 4.96. The van der Waals surface area contributed by atoms with Gasteiger partial charge in [0.2, 0.25) is 5.91 Å². The van der Waals surface area contributed by atoms with E-state index in [0.717, 1.165) is 0 Å². The van der Waals surface area contributed by atoms with Crippen molar-refractivity contribution in [2.45, 2.75) is 13.8 Å². The fourth-order valence-corrected chi connectivity index (χ4v) is 1.67. The lowest BCUT2D eigenvalue weighted by Gasteiger charge is -2.29. The molecule has 0 spiro atoms. The monoisotopic (exact) mass is 350 g/mol. The number of nitrogens with two attached hydrogens (primary N) is 1. The largest absolute Gasteiger partial charge is 0.344 e. The maximum atomic E-state index is 11.9. The Morgan fingerprint density at radius 1 is 1.32 bits per heavy atom. The predicted octanol–water partition coefficient (Wildman–Crippen LogP) is 1.10. The minimum atomic E-state index is -0.356. The molecule has 0 bridgehead atoms. The number of aromatic nitrogens is 1. The summed E-state index contributed by atoms with van der Waals surface area (Å²) < 4.78 is 0. The van der Waals surface area contributed by atoms with Gasteiger partial charge in [-0.15, -0.1) is 24.8 Å². The summed E-state index contributed by atoms with van der Waals surface area (Å²) in [5.41, 5.74) is 5.79. The van der Waals surface area contributed by atoms with Crippen molar-refractivity contribution in [2.75, 3.05) is 26.7 Å². The average Bonchev–Trinajstić information content (AvgIpc) is 2.44. The summed E-state index contributed by atoms with van der Waals surface area (Å²) >= 11 is 0. The topological polar surface area (TPSA) is 88.3 Å². The molecule has 0 saturated heterocycles. The van der Waals surface area contributed by atoms with Crippen LogP contribution in [0.4, 0.5) is 0 Å². The molecule has 0 aliphatic rings. The van der Waals surface area contributed by atoms with E-state index in [1.165, 1.54) is 6.20 Å². The number of nitrogens with one attached hydrogen (secondary N) is 1. The molecule has 2 amide bonds. The molecule has 1 aromatic rings. The number of likely N-dealkylation sites (N-methyl/N-ethyl adjacent to an activating group) is 1. The minimum Gasteiger partial charge on any atom is -0.344 e. The van der Waals surface area contributed by atoms with Gasteiger partial charge in [0.1, 0.15) is 5.69 Å². The molecular weight excluding hydrogens is 327 g/mol. The van der Waals surface area contributed by atoms with E-state index in [0.29, 0.717) is 18.8 Å². The van der Waals surface area contributed by atoms with Crippen LogP contribution >= 0.6 is 24.8 Å². The highest BCUT2D eigenvalue weighted by molar-refractivity contribution is 5.94. The highest BCUT2D eigenvalue weighted by Gasteiger charge is 2.21. The Balaban J connectivity index is 0. The van der Waals surface area contributed by atoms with Gasteiger partial charge in [0, 0.05) is 19.8 Å². The van der Waals surface area contributed by atoms with Gasteiger partial charge in [0.25, 0.3) is 5.91 Å². The molecule has 1 rings (SSSR count). The Morgan fingerprint density at radius 2 is 1.95 bits per heavy atom. The fourth-order valence-electron chi connectivity index (χ4n) is 1.67. The van der Waals surface area contributed by atoms with Crippen molar-refractivity contribution in [1.82, 2.24) is 15.2 Å². The molecule has 3 N–H and O–H groups in total. The molecule has 0 saturated carbocycles. The van der Waals surface area contributed by atoms with E-state index in [-0.39, 0.29) is 48.6 Å². The van der Waals surface area contributed by atoms with Crippen molar-refractivity contribution >= 4 is 36.6 Å². The van der Waals surface area contributed by atoms with Crippen LogP contribution in [-0.4, -0.2) is 48.4 Å². The third-order valence-electron chi connectivity index (χ3n) is 2.94. The van der Waals surface area contributed by atoms with E-state index >= 15 is 0 Å². The second kappa shape index (κ2) is 10.4. The van der Waals surface area contributed by atoms with Crippen molar-refractivity contribution in [3.05, 3.63) is 30.1 Å². The van der Waals surface area contributed by atoms with E-state index in [4.69, 9.17) is 5.73 Å². The molecule has 0 aliphatic heterocycles. The van der Waals surface area contributed by atoms with Crippen molar-refractivity contribution < 1.29 is 9.59 Å². The smallest absolute Gasteiger partial charge is 0.270 e. The number of rotatable bonds is 6. The molecule has 0 radical (unpaired) electrons. The Kier molecular flexibility index (Phi) is 10.8. The minimum absolute atomic E-state index is 0. The van der Waals surface area contributed by atoms with E-state index in [1.54, 1.807) is 30.1 Å². The number of hydrogen-bond acceptors (Lipinski definition) is 4. The lowest BCUT2D eigenvalue weighted by molar-refractivity contribution is -0.130. The Morgan fingerprint density at radius 3 is 2.45 bits per heavy atom. The number of amides is 2. The first-order valence-corrected chi connectivity index (χ1v) is 6.49. The van der Waals surface area contributed by atoms with Gasteiger partial charge < -0.3 is 16.0 Å². The third kappa shape index (κ3) is 7.59. The lowest BCUT2D eigenvalue weighted by atomic mass is 9.93. The predicted molar refractivity (Wildman–Crippen MR) is 91.5 cm³/mol. The second-order valence-corrected chi connectivity index (χ2v) is 5.52. The van der Waals surface area contributed by atoms with Crippen LogP contribution in [0.15, 0.2) is 24.4 Å². The number of halogens is 2. The molecule has 0 unspecified atom stereocenters. The first-order valence-electron chi connectivity index (χ1n) is 6.49. The van der Waals surface area contributed by atoms with Gasteiger partial charge in [-0.1, -0.05) is 19.9 Å². The molecule has 0 atom stereocenters. The summed E-state index contributed by atoms with van der Waals surface area (Å²) in [6.07, 6.45) is 1.53. The molecule has 8 heteroatoms. The number of carbonyl (C=O) groups is 2. The van der Waals surface area contributed by atoms with Gasteiger partial charge in [-0.25, -0.2) is 0 Å². The average molecular weight is 351 g/mol. The number of hydrogen-bond donors (Lipinski definition) is 2. The van der Waals surface area contributed by atoms with Crippen LogP contribution in [0.1, 0.15) is 24.3 Å². The van der Waals surface area contributed by atoms with Crippen LogP contribution in [0.2, 0.25) is 0 Å². The second-order valence-electron chi connectivity index (χ2n) is 5.52. The van der Waals surface area contributed by atoms with Gasteiger partial charge in [0.05, 0.1) is 6.54 Å². The number of carbonyl (C=O) groups excluding carboxylic acids is 2. The van der Waals surface area contributed by atoms with Crippen molar-refractivity contribution in [3.8, 4) is 0 Å². The zero-order valence-electron chi connectivity index (χ0n) is 13.0. The van der Waals surface area contributed by atoms with Crippen LogP contribution in [0.3, 0.4) is 0 Å². The van der Waals surface area contributed by atoms with E-state index in [2.05, 4.69) is 10.3 Å². The van der Waals surface area contributed by atoms with Crippen molar-refractivity contribution in [3.63, 3.8) is 0 Å². The Bertz CT molecular complexity index is 469. The normalized spacial score (nSPS) is 10.0. The van der Waals surface area contributed by atoms with Gasteiger partial charge >= 0.3 is 0 Å². The quantitative estimate of drug-likeness (QED) is 0.803. The molecular formula is C14H24Cl2N4O2. The van der Waals surface area contributed by atoms with Crippen LogP contribution < -0.4 is 11.1 Å². The van der Waals surface area contributed by atoms with E-state index in [1.807, 2.05) is 13.8 Å². The SMILES string of the molecule is CN(CC(C)(C)CN)C(=O)CNC(=O)c1ccccn1.Cl.Cl. The van der Waals surface area contributed by atoms with Gasteiger partial charge in [-0.2, -0.15) is 0 Å². The maximum Gasteiger partial charge on any atom is 0.270 e. The van der Waals surface area contributed by atoms with Crippen LogP contribution in [0.25, 0.3) is 0 Å². The fraction of sp³-hybridized carbons (Fsp3) is 0.500. The van der Waals surface area contributed by atoms with Gasteiger partial charge in [0.15, 0.2) is 0 Å². The summed E-state index contributed by atoms with van der Waals surface area (Å²) in [5.74, 6) is -0.513. The lowest BCUT2D eigenvalue weighted by Crippen LogP contribution is -2.44. The van der Waals surface area contributed by atoms with E-state index < -0.39 is 0 Å². The van der Waals surface area contributed by atoms with Crippen LogP contribution in [-0.2, 0) is 4.79 Å². The van der Waals surface area contributed by atoms with E-state index in [9.17, 15) is 9.59 Å². The summed E-state index contributed by atoms with van der Waals surface area (Å²) in [5, 5.41) is 2.56. The first kappa shape index (κ1) is 22.9. The zero-order chi connectivity index (χ0) is 15.2. The Hall–Kier alpha value is -1.37. The molecule has 126 valence electrons. The highest BCUT2D eigenvalue weighted by atomic mass is 35.5. The van der Waals surface area contributed by atoms with Crippen LogP contribution in [0, 0.1) is 5.41 Å². The third-order valence-corrected chi connectivity index (χ3v) is 2.94. The molecule has 6 nitrogen and oxygen atoms in total. The van der Waals surface area contributed by atoms with Gasteiger partial charge in [-0.05, 0) is 24.1 Å². The van der Waals surface area contributed by atoms with Gasteiger partial charge in [-0.3, -0.25) is 14.6 Å². The molecule has 1 heterocycles. The summed E-state index contributed by atoms with van der Waals surface area (Å²) in [7, 11) is 1.70. The molecule has 0 aromatic carbocycles. The zero-order valence-corrected chi connectivity index (χ0v) is 14.7. The summed E-state index contributed by atoms with van der Waals surface area (Å²) in [4.78, 5) is 29.2.